The Labute approximate surface area is 85.3 Å². The minimum absolute atomic E-state index is 0.118. The van der Waals surface area contributed by atoms with Gasteiger partial charge in [0.05, 0.1) is 0 Å². The standard InChI is InChI=1S/C9H8ClFN2O/c10-7-4-3-6(11)8(13-7)9(14)12-5-1-2-5/h3-5H,1-2H2,(H,12,14). The highest BCUT2D eigenvalue weighted by Crippen LogP contribution is 2.19. The number of hydrogen-bond acceptors (Lipinski definition) is 2. The lowest BCUT2D eigenvalue weighted by molar-refractivity contribution is 0.0941. The van der Waals surface area contributed by atoms with Gasteiger partial charge in [-0.05, 0) is 25.0 Å². The first-order valence-corrected chi connectivity index (χ1v) is 4.67. The third kappa shape index (κ3) is 2.01. The van der Waals surface area contributed by atoms with Crippen molar-refractivity contribution in [1.29, 1.82) is 0 Å². The van der Waals surface area contributed by atoms with E-state index in [0.717, 1.165) is 18.9 Å². The zero-order valence-corrected chi connectivity index (χ0v) is 8.01. The fraction of sp³-hybridized carbons (Fsp3) is 0.333. The molecular weight excluding hydrogens is 207 g/mol. The molecule has 1 aromatic rings. The smallest absolute Gasteiger partial charge is 0.273 e. The lowest BCUT2D eigenvalue weighted by Gasteiger charge is -2.03. The fourth-order valence-corrected chi connectivity index (χ4v) is 1.21. The number of aromatic nitrogens is 1. The van der Waals surface area contributed by atoms with Crippen LogP contribution >= 0.6 is 11.6 Å². The number of halogens is 2. The van der Waals surface area contributed by atoms with E-state index in [1.54, 1.807) is 0 Å². The normalized spacial score (nSPS) is 15.3. The Hall–Kier alpha value is -1.16. The summed E-state index contributed by atoms with van der Waals surface area (Å²) in [6.07, 6.45) is 1.90. The summed E-state index contributed by atoms with van der Waals surface area (Å²) in [7, 11) is 0. The number of carbonyl (C=O) groups is 1. The molecule has 3 nitrogen and oxygen atoms in total. The molecule has 1 aliphatic carbocycles. The van der Waals surface area contributed by atoms with E-state index >= 15 is 0 Å². The second-order valence-electron chi connectivity index (χ2n) is 3.21. The molecule has 0 atom stereocenters. The van der Waals surface area contributed by atoms with Crippen molar-refractivity contribution in [3.8, 4) is 0 Å². The van der Waals surface area contributed by atoms with E-state index in [9.17, 15) is 9.18 Å². The molecule has 14 heavy (non-hydrogen) atoms. The topological polar surface area (TPSA) is 42.0 Å². The molecule has 74 valence electrons. The predicted molar refractivity (Wildman–Crippen MR) is 49.7 cm³/mol. The van der Waals surface area contributed by atoms with Gasteiger partial charge in [-0.25, -0.2) is 9.37 Å². The van der Waals surface area contributed by atoms with Gasteiger partial charge in [0.15, 0.2) is 11.5 Å². The van der Waals surface area contributed by atoms with Crippen molar-refractivity contribution in [2.45, 2.75) is 18.9 Å². The van der Waals surface area contributed by atoms with E-state index in [1.807, 2.05) is 0 Å². The van der Waals surface area contributed by atoms with Crippen LogP contribution in [-0.4, -0.2) is 16.9 Å². The van der Waals surface area contributed by atoms with Crippen molar-refractivity contribution in [2.24, 2.45) is 0 Å². The first-order chi connectivity index (χ1) is 6.66. The number of amides is 1. The Morgan fingerprint density at radius 1 is 1.57 bits per heavy atom. The minimum Gasteiger partial charge on any atom is -0.348 e. The maximum absolute atomic E-state index is 13.1. The van der Waals surface area contributed by atoms with Crippen LogP contribution in [0.2, 0.25) is 5.15 Å². The van der Waals surface area contributed by atoms with Crippen molar-refractivity contribution < 1.29 is 9.18 Å². The monoisotopic (exact) mass is 214 g/mol. The van der Waals surface area contributed by atoms with E-state index in [1.165, 1.54) is 6.07 Å². The molecular formula is C9H8ClFN2O. The van der Waals surface area contributed by atoms with Crippen molar-refractivity contribution in [3.63, 3.8) is 0 Å². The Kier molecular flexibility index (Phi) is 2.37. The molecule has 1 amide bonds. The highest BCUT2D eigenvalue weighted by atomic mass is 35.5. The average molecular weight is 215 g/mol. The van der Waals surface area contributed by atoms with Gasteiger partial charge in [-0.2, -0.15) is 0 Å². The number of nitrogens with zero attached hydrogens (tertiary/aromatic N) is 1. The largest absolute Gasteiger partial charge is 0.348 e. The maximum Gasteiger partial charge on any atom is 0.273 e. The Bertz CT molecular complexity index is 379. The summed E-state index contributed by atoms with van der Waals surface area (Å²) >= 11 is 5.56. The van der Waals surface area contributed by atoms with E-state index in [2.05, 4.69) is 10.3 Å². The van der Waals surface area contributed by atoms with Gasteiger partial charge in [-0.3, -0.25) is 4.79 Å². The maximum atomic E-state index is 13.1. The molecule has 0 bridgehead atoms. The summed E-state index contributed by atoms with van der Waals surface area (Å²) in [5.41, 5.74) is -0.232. The number of carbonyl (C=O) groups excluding carboxylic acids is 1. The molecule has 0 unspecified atom stereocenters. The number of hydrogen-bond donors (Lipinski definition) is 1. The van der Waals surface area contributed by atoms with Crippen molar-refractivity contribution >= 4 is 17.5 Å². The lowest BCUT2D eigenvalue weighted by Crippen LogP contribution is -2.27. The Morgan fingerprint density at radius 3 is 2.93 bits per heavy atom. The van der Waals surface area contributed by atoms with Crippen LogP contribution in [0.3, 0.4) is 0 Å². The molecule has 5 heteroatoms. The molecule has 1 fully saturated rings. The van der Waals surface area contributed by atoms with E-state index in [0.29, 0.717) is 0 Å². The third-order valence-electron chi connectivity index (χ3n) is 1.94. The van der Waals surface area contributed by atoms with Crippen LogP contribution in [0.25, 0.3) is 0 Å². The van der Waals surface area contributed by atoms with Gasteiger partial charge < -0.3 is 5.32 Å². The first kappa shape index (κ1) is 9.40. The van der Waals surface area contributed by atoms with Gasteiger partial charge in [0, 0.05) is 6.04 Å². The van der Waals surface area contributed by atoms with Crippen LogP contribution < -0.4 is 5.32 Å². The molecule has 0 aromatic carbocycles. The van der Waals surface area contributed by atoms with Crippen LogP contribution in [0.1, 0.15) is 23.3 Å². The molecule has 0 radical (unpaired) electrons. The predicted octanol–water partition coefficient (Wildman–Crippen LogP) is 1.77. The van der Waals surface area contributed by atoms with E-state index in [4.69, 9.17) is 11.6 Å². The summed E-state index contributed by atoms with van der Waals surface area (Å²) in [4.78, 5) is 15.0. The van der Waals surface area contributed by atoms with Crippen LogP contribution in [0.5, 0.6) is 0 Å². The highest BCUT2D eigenvalue weighted by molar-refractivity contribution is 6.29. The van der Waals surface area contributed by atoms with Crippen LogP contribution in [0.4, 0.5) is 4.39 Å². The first-order valence-electron chi connectivity index (χ1n) is 4.30. The molecule has 1 heterocycles. The second-order valence-corrected chi connectivity index (χ2v) is 3.60. The van der Waals surface area contributed by atoms with Crippen LogP contribution in [-0.2, 0) is 0 Å². The SMILES string of the molecule is O=C(NC1CC1)c1nc(Cl)ccc1F. The summed E-state index contributed by atoms with van der Waals surface area (Å²) in [6, 6.07) is 2.63. The van der Waals surface area contributed by atoms with Gasteiger partial charge in [-0.15, -0.1) is 0 Å². The highest BCUT2D eigenvalue weighted by Gasteiger charge is 2.25. The summed E-state index contributed by atoms with van der Waals surface area (Å²) in [5, 5.41) is 2.76. The quantitative estimate of drug-likeness (QED) is 0.763. The second kappa shape index (κ2) is 3.53. The van der Waals surface area contributed by atoms with Crippen molar-refractivity contribution in [1.82, 2.24) is 10.3 Å². The van der Waals surface area contributed by atoms with Crippen LogP contribution in [0.15, 0.2) is 12.1 Å². The molecule has 1 aliphatic rings. The van der Waals surface area contributed by atoms with E-state index in [-0.39, 0.29) is 16.9 Å². The zero-order valence-electron chi connectivity index (χ0n) is 7.26. The zero-order chi connectivity index (χ0) is 10.1. The molecule has 1 saturated carbocycles. The van der Waals surface area contributed by atoms with Crippen molar-refractivity contribution in [3.05, 3.63) is 28.8 Å². The van der Waals surface area contributed by atoms with Crippen molar-refractivity contribution in [2.75, 3.05) is 0 Å². The molecule has 2 rings (SSSR count). The van der Waals surface area contributed by atoms with Gasteiger partial charge >= 0.3 is 0 Å². The Morgan fingerprint density at radius 2 is 2.29 bits per heavy atom. The summed E-state index contributed by atoms with van der Waals surface area (Å²) in [5.74, 6) is -1.14. The third-order valence-corrected chi connectivity index (χ3v) is 2.15. The molecule has 0 aliphatic heterocycles. The van der Waals surface area contributed by atoms with Gasteiger partial charge in [0.1, 0.15) is 5.15 Å². The van der Waals surface area contributed by atoms with Gasteiger partial charge in [0.2, 0.25) is 0 Å². The molecule has 1 N–H and O–H groups in total. The minimum atomic E-state index is -0.646. The average Bonchev–Trinajstić information content (AvgIpc) is 2.93. The lowest BCUT2D eigenvalue weighted by atomic mass is 10.3. The van der Waals surface area contributed by atoms with E-state index < -0.39 is 11.7 Å². The summed E-state index contributed by atoms with van der Waals surface area (Å²) < 4.78 is 13.1. The van der Waals surface area contributed by atoms with Crippen LogP contribution in [0, 0.1) is 5.82 Å². The summed E-state index contributed by atoms with van der Waals surface area (Å²) in [6.45, 7) is 0. The number of pyridine rings is 1. The van der Waals surface area contributed by atoms with Gasteiger partial charge in [-0.1, -0.05) is 11.6 Å². The fourth-order valence-electron chi connectivity index (χ4n) is 1.06. The van der Waals surface area contributed by atoms with Gasteiger partial charge in [0.25, 0.3) is 5.91 Å². The number of nitrogens with one attached hydrogen (secondary N) is 1. The molecule has 0 spiro atoms. The Balaban J connectivity index is 2.20. The molecule has 0 saturated heterocycles. The molecule has 1 aromatic heterocycles. The number of rotatable bonds is 2.